The molecule has 0 aliphatic carbocycles. The third-order valence-corrected chi connectivity index (χ3v) is 5.45. The van der Waals surface area contributed by atoms with E-state index in [1.807, 2.05) is 60.7 Å². The number of hydrogen-bond donors (Lipinski definition) is 0. The van der Waals surface area contributed by atoms with Crippen LogP contribution >= 0.6 is 11.8 Å². The highest BCUT2D eigenvalue weighted by molar-refractivity contribution is 8.07. The molecule has 6 nitrogen and oxygen atoms in total. The molecular formula is C22H18N2O4S. The first-order chi connectivity index (χ1) is 14.1. The van der Waals surface area contributed by atoms with Gasteiger partial charge < -0.3 is 9.47 Å². The van der Waals surface area contributed by atoms with Gasteiger partial charge in [-0.25, -0.2) is 4.79 Å². The molecule has 7 heteroatoms. The van der Waals surface area contributed by atoms with Gasteiger partial charge in [-0.3, -0.25) is 4.79 Å². The highest BCUT2D eigenvalue weighted by Crippen LogP contribution is 2.43. The number of anilines is 1. The Bertz CT molecular complexity index is 1060. The zero-order chi connectivity index (χ0) is 20.4. The number of thioether (sulfide) groups is 1. The summed E-state index contributed by atoms with van der Waals surface area (Å²) in [6.45, 7) is 3.69. The molecule has 2 aromatic rings. The van der Waals surface area contributed by atoms with Crippen molar-refractivity contribution in [3.05, 3.63) is 87.6 Å². The maximum atomic E-state index is 13.3. The molecular weight excluding hydrogens is 388 g/mol. The second kappa shape index (κ2) is 7.97. The summed E-state index contributed by atoms with van der Waals surface area (Å²) >= 11 is 1.10. The first-order valence-electron chi connectivity index (χ1n) is 9.12. The van der Waals surface area contributed by atoms with E-state index in [0.29, 0.717) is 32.7 Å². The van der Waals surface area contributed by atoms with Gasteiger partial charge in [-0.15, -0.1) is 0 Å². The van der Waals surface area contributed by atoms with E-state index in [-0.39, 0.29) is 12.5 Å². The number of allylic oxidation sites excluding steroid dienone is 1. The number of ether oxygens (including phenoxy) is 2. The lowest BCUT2D eigenvalue weighted by Gasteiger charge is -2.11. The smallest absolute Gasteiger partial charge is 0.348 e. The number of esters is 1. The van der Waals surface area contributed by atoms with Gasteiger partial charge >= 0.3 is 5.97 Å². The molecule has 0 N–H and O–H groups in total. The number of hydrogen-bond acceptors (Lipinski definition) is 6. The van der Waals surface area contributed by atoms with Gasteiger partial charge in [0.2, 0.25) is 0 Å². The Morgan fingerprint density at radius 2 is 1.76 bits per heavy atom. The highest BCUT2D eigenvalue weighted by atomic mass is 32.2. The van der Waals surface area contributed by atoms with Crippen LogP contribution in [-0.4, -0.2) is 24.2 Å². The van der Waals surface area contributed by atoms with Gasteiger partial charge in [0.1, 0.15) is 21.9 Å². The van der Waals surface area contributed by atoms with E-state index in [4.69, 9.17) is 9.47 Å². The van der Waals surface area contributed by atoms with Gasteiger partial charge in [0.15, 0.2) is 5.09 Å². The lowest BCUT2D eigenvalue weighted by atomic mass is 10.0. The molecule has 0 aromatic heterocycles. The summed E-state index contributed by atoms with van der Waals surface area (Å²) in [7, 11) is 0. The summed E-state index contributed by atoms with van der Waals surface area (Å²) in [6, 6.07) is 18.6. The van der Waals surface area contributed by atoms with Gasteiger partial charge in [0, 0.05) is 5.56 Å². The Morgan fingerprint density at radius 1 is 1.10 bits per heavy atom. The molecule has 0 unspecified atom stereocenters. The first-order valence-corrected chi connectivity index (χ1v) is 9.93. The van der Waals surface area contributed by atoms with E-state index in [1.54, 1.807) is 13.8 Å². The summed E-state index contributed by atoms with van der Waals surface area (Å²) in [5, 5.41) is 6.27. The van der Waals surface area contributed by atoms with Crippen molar-refractivity contribution in [1.29, 1.82) is 0 Å². The molecule has 2 aliphatic heterocycles. The number of carbonyl (C=O) groups is 2. The Labute approximate surface area is 172 Å². The van der Waals surface area contributed by atoms with Crippen molar-refractivity contribution in [1.82, 2.24) is 0 Å². The fraction of sp³-hybridized carbons (Fsp3) is 0.136. The average Bonchev–Trinajstić information content (AvgIpc) is 3.29. The second-order valence-corrected chi connectivity index (χ2v) is 7.22. The summed E-state index contributed by atoms with van der Waals surface area (Å²) in [5.41, 5.74) is 2.26. The molecule has 2 aromatic carbocycles. The van der Waals surface area contributed by atoms with Gasteiger partial charge in [-0.2, -0.15) is 10.1 Å². The van der Waals surface area contributed by atoms with Crippen molar-refractivity contribution in [2.75, 3.05) is 11.6 Å². The minimum atomic E-state index is -0.464. The number of para-hydroxylation sites is 1. The number of amides is 1. The van der Waals surface area contributed by atoms with Crippen molar-refractivity contribution in [2.24, 2.45) is 5.10 Å². The molecule has 0 radical (unpaired) electrons. The van der Waals surface area contributed by atoms with Crippen LogP contribution in [0.4, 0.5) is 5.69 Å². The predicted molar refractivity (Wildman–Crippen MR) is 112 cm³/mol. The molecule has 0 saturated carbocycles. The van der Waals surface area contributed by atoms with Gasteiger partial charge in [-0.1, -0.05) is 48.5 Å². The van der Waals surface area contributed by atoms with E-state index >= 15 is 0 Å². The Balaban J connectivity index is 1.78. The van der Waals surface area contributed by atoms with E-state index in [9.17, 15) is 9.59 Å². The van der Waals surface area contributed by atoms with E-state index in [2.05, 4.69) is 5.10 Å². The van der Waals surface area contributed by atoms with Gasteiger partial charge in [0.05, 0.1) is 12.3 Å². The zero-order valence-corrected chi connectivity index (χ0v) is 16.7. The van der Waals surface area contributed by atoms with Crippen LogP contribution in [-0.2, 0) is 19.1 Å². The van der Waals surface area contributed by atoms with Crippen LogP contribution < -0.4 is 5.01 Å². The van der Waals surface area contributed by atoms with Crippen molar-refractivity contribution in [3.8, 4) is 0 Å². The number of hydrazone groups is 1. The predicted octanol–water partition coefficient (Wildman–Crippen LogP) is 4.21. The molecule has 0 atom stereocenters. The molecule has 0 spiro atoms. The fourth-order valence-electron chi connectivity index (χ4n) is 2.98. The molecule has 2 heterocycles. The minimum absolute atomic E-state index is 0.263. The van der Waals surface area contributed by atoms with Gasteiger partial charge in [-0.05, 0) is 37.7 Å². The number of rotatable bonds is 4. The van der Waals surface area contributed by atoms with Crippen molar-refractivity contribution < 1.29 is 19.1 Å². The molecule has 2 aliphatic rings. The van der Waals surface area contributed by atoms with E-state index in [1.165, 1.54) is 5.01 Å². The minimum Gasteiger partial charge on any atom is -0.462 e. The van der Waals surface area contributed by atoms with Gasteiger partial charge in [0.25, 0.3) is 5.91 Å². The Hall–Kier alpha value is -3.32. The van der Waals surface area contributed by atoms with Crippen LogP contribution in [0.15, 0.2) is 87.1 Å². The Morgan fingerprint density at radius 3 is 2.41 bits per heavy atom. The lowest BCUT2D eigenvalue weighted by Crippen LogP contribution is -2.22. The molecule has 0 fully saturated rings. The zero-order valence-electron chi connectivity index (χ0n) is 15.9. The molecule has 146 valence electrons. The van der Waals surface area contributed by atoms with Crippen LogP contribution in [0, 0.1) is 0 Å². The summed E-state index contributed by atoms with van der Waals surface area (Å²) in [4.78, 5) is 25.9. The largest absolute Gasteiger partial charge is 0.462 e. The third kappa shape index (κ3) is 3.56. The molecule has 0 bridgehead atoms. The first kappa shape index (κ1) is 19.0. The topological polar surface area (TPSA) is 68.2 Å². The fourth-order valence-corrected chi connectivity index (χ4v) is 3.95. The molecule has 29 heavy (non-hydrogen) atoms. The van der Waals surface area contributed by atoms with Crippen molar-refractivity contribution in [2.45, 2.75) is 13.8 Å². The summed E-state index contributed by atoms with van der Waals surface area (Å²) < 4.78 is 10.9. The Kier molecular flexibility index (Phi) is 5.22. The van der Waals surface area contributed by atoms with E-state index in [0.717, 1.165) is 17.3 Å². The van der Waals surface area contributed by atoms with Crippen molar-refractivity contribution in [3.63, 3.8) is 0 Å². The average molecular weight is 406 g/mol. The van der Waals surface area contributed by atoms with Crippen LogP contribution in [0.5, 0.6) is 0 Å². The van der Waals surface area contributed by atoms with Crippen LogP contribution in [0.2, 0.25) is 0 Å². The lowest BCUT2D eigenvalue weighted by molar-refractivity contribution is -0.137. The van der Waals surface area contributed by atoms with Crippen LogP contribution in [0.3, 0.4) is 0 Å². The van der Waals surface area contributed by atoms with Crippen molar-refractivity contribution >= 4 is 35.0 Å². The summed E-state index contributed by atoms with van der Waals surface area (Å²) in [6.07, 6.45) is 0. The second-order valence-electron chi connectivity index (χ2n) is 6.24. The maximum Gasteiger partial charge on any atom is 0.348 e. The normalized spacial score (nSPS) is 18.8. The number of carbonyl (C=O) groups excluding carboxylic acids is 2. The van der Waals surface area contributed by atoms with E-state index < -0.39 is 5.97 Å². The van der Waals surface area contributed by atoms with Crippen LogP contribution in [0.25, 0.3) is 0 Å². The monoisotopic (exact) mass is 406 g/mol. The van der Waals surface area contributed by atoms with Crippen LogP contribution in [0.1, 0.15) is 19.4 Å². The standard InChI is InChI=1S/C22H18N2O4S/c1-3-27-21(26)19-14(2)28-22(29-19)17-18(15-10-6-4-7-11-15)23-24(20(17)25)16-12-8-5-9-13-16/h4-13H,3H2,1-2H3/b22-17+. The molecule has 4 rings (SSSR count). The molecule has 0 saturated heterocycles. The summed E-state index contributed by atoms with van der Waals surface area (Å²) in [5.74, 6) is -0.362. The SMILES string of the molecule is CCOC(=O)C1=C(C)O/C(=C2\C(=O)N(c3ccccc3)N=C2c2ccccc2)S1. The molecule has 1 amide bonds. The quantitative estimate of drug-likeness (QED) is 0.562. The highest BCUT2D eigenvalue weighted by Gasteiger charge is 2.39. The maximum absolute atomic E-state index is 13.3. The number of benzene rings is 2. The number of nitrogens with zero attached hydrogens (tertiary/aromatic N) is 2. The third-order valence-electron chi connectivity index (χ3n) is 4.32.